The Morgan fingerprint density at radius 2 is 1.94 bits per heavy atom. The second-order valence-electron chi connectivity index (χ2n) is 4.32. The van der Waals surface area contributed by atoms with Gasteiger partial charge in [0.2, 0.25) is 0 Å². The zero-order valence-corrected chi connectivity index (χ0v) is 11.0. The molecule has 2 rings (SSSR count). The molecular weight excluding hydrogens is 262 g/mol. The molecule has 0 aromatic heterocycles. The Bertz CT molecular complexity index is 338. The molecule has 0 spiro atoms. The van der Waals surface area contributed by atoms with Crippen LogP contribution in [0.3, 0.4) is 0 Å². The van der Waals surface area contributed by atoms with Gasteiger partial charge in [0.15, 0.2) is 0 Å². The molecule has 0 heterocycles. The zero-order chi connectivity index (χ0) is 11.2. The SMILES string of the molecule is Brc1ccc(CC=CCCNC2CC2)cc1. The Morgan fingerprint density at radius 3 is 2.62 bits per heavy atom. The summed E-state index contributed by atoms with van der Waals surface area (Å²) < 4.78 is 1.15. The van der Waals surface area contributed by atoms with Gasteiger partial charge in [-0.25, -0.2) is 0 Å². The maximum absolute atomic E-state index is 3.51. The highest BCUT2D eigenvalue weighted by Gasteiger charge is 2.19. The second-order valence-corrected chi connectivity index (χ2v) is 5.23. The van der Waals surface area contributed by atoms with Crippen molar-refractivity contribution in [3.63, 3.8) is 0 Å². The van der Waals surface area contributed by atoms with E-state index in [0.29, 0.717) is 0 Å². The average Bonchev–Trinajstić information content (AvgIpc) is 3.10. The zero-order valence-electron chi connectivity index (χ0n) is 9.45. The molecule has 0 bridgehead atoms. The van der Waals surface area contributed by atoms with Gasteiger partial charge in [0, 0.05) is 10.5 Å². The largest absolute Gasteiger partial charge is 0.314 e. The van der Waals surface area contributed by atoms with Gasteiger partial charge in [-0.15, -0.1) is 0 Å². The van der Waals surface area contributed by atoms with Crippen molar-refractivity contribution < 1.29 is 0 Å². The first-order valence-corrected chi connectivity index (χ1v) is 6.77. The Hall–Kier alpha value is -0.600. The summed E-state index contributed by atoms with van der Waals surface area (Å²) in [7, 11) is 0. The van der Waals surface area contributed by atoms with Crippen LogP contribution in [0.2, 0.25) is 0 Å². The molecule has 0 radical (unpaired) electrons. The molecule has 1 aliphatic carbocycles. The normalized spacial score (nSPS) is 15.8. The van der Waals surface area contributed by atoms with E-state index in [-0.39, 0.29) is 0 Å². The Labute approximate surface area is 106 Å². The third-order valence-electron chi connectivity index (χ3n) is 2.75. The molecule has 0 unspecified atom stereocenters. The summed E-state index contributed by atoms with van der Waals surface area (Å²) >= 11 is 3.44. The maximum atomic E-state index is 3.51. The van der Waals surface area contributed by atoms with E-state index in [0.717, 1.165) is 29.9 Å². The van der Waals surface area contributed by atoms with Gasteiger partial charge >= 0.3 is 0 Å². The van der Waals surface area contributed by atoms with E-state index in [9.17, 15) is 0 Å². The lowest BCUT2D eigenvalue weighted by molar-refractivity contribution is 0.690. The van der Waals surface area contributed by atoms with Crippen molar-refractivity contribution in [3.05, 3.63) is 46.5 Å². The van der Waals surface area contributed by atoms with E-state index < -0.39 is 0 Å². The lowest BCUT2D eigenvalue weighted by Crippen LogP contribution is -2.16. The molecule has 1 N–H and O–H groups in total. The number of allylic oxidation sites excluding steroid dienone is 1. The highest BCUT2D eigenvalue weighted by Crippen LogP contribution is 2.18. The topological polar surface area (TPSA) is 12.0 Å². The summed E-state index contributed by atoms with van der Waals surface area (Å²) in [5, 5.41) is 3.51. The predicted molar refractivity (Wildman–Crippen MR) is 72.6 cm³/mol. The molecule has 1 nitrogen and oxygen atoms in total. The standard InChI is InChI=1S/C14H18BrN/c15-13-7-5-12(6-8-13)4-2-1-3-11-16-14-9-10-14/h1-2,5-8,14,16H,3-4,9-11H2. The van der Waals surface area contributed by atoms with Gasteiger partial charge in [0.05, 0.1) is 0 Å². The molecule has 1 aromatic carbocycles. The fourth-order valence-electron chi connectivity index (χ4n) is 1.62. The quantitative estimate of drug-likeness (QED) is 0.619. The van der Waals surface area contributed by atoms with Gasteiger partial charge < -0.3 is 5.32 Å². The highest BCUT2D eigenvalue weighted by atomic mass is 79.9. The minimum absolute atomic E-state index is 0.833. The summed E-state index contributed by atoms with van der Waals surface area (Å²) in [4.78, 5) is 0. The molecule has 1 aliphatic rings. The number of rotatable bonds is 6. The minimum atomic E-state index is 0.833. The van der Waals surface area contributed by atoms with Crippen LogP contribution in [0.1, 0.15) is 24.8 Å². The van der Waals surface area contributed by atoms with E-state index in [2.05, 4.69) is 57.7 Å². The summed E-state index contributed by atoms with van der Waals surface area (Å²) in [6.45, 7) is 1.13. The van der Waals surface area contributed by atoms with Crippen LogP contribution in [-0.4, -0.2) is 12.6 Å². The van der Waals surface area contributed by atoms with E-state index >= 15 is 0 Å². The van der Waals surface area contributed by atoms with Gasteiger partial charge in [-0.3, -0.25) is 0 Å². The van der Waals surface area contributed by atoms with Crippen molar-refractivity contribution in [3.8, 4) is 0 Å². The molecule has 86 valence electrons. The van der Waals surface area contributed by atoms with E-state index in [1.165, 1.54) is 18.4 Å². The third-order valence-corrected chi connectivity index (χ3v) is 3.28. The van der Waals surface area contributed by atoms with Gasteiger partial charge in [-0.1, -0.05) is 40.2 Å². The summed E-state index contributed by atoms with van der Waals surface area (Å²) in [6, 6.07) is 9.35. The average molecular weight is 280 g/mol. The van der Waals surface area contributed by atoms with E-state index in [4.69, 9.17) is 0 Å². The van der Waals surface area contributed by atoms with Gasteiger partial charge in [-0.05, 0) is 49.9 Å². The predicted octanol–water partition coefficient (Wildman–Crippen LogP) is 3.69. The van der Waals surface area contributed by atoms with Crippen LogP contribution in [0.4, 0.5) is 0 Å². The number of nitrogens with one attached hydrogen (secondary N) is 1. The molecule has 2 heteroatoms. The highest BCUT2D eigenvalue weighted by molar-refractivity contribution is 9.10. The van der Waals surface area contributed by atoms with Gasteiger partial charge in [0.25, 0.3) is 0 Å². The van der Waals surface area contributed by atoms with Crippen molar-refractivity contribution in [2.45, 2.75) is 31.7 Å². The molecule has 0 saturated heterocycles. The first kappa shape index (κ1) is 11.9. The summed E-state index contributed by atoms with van der Waals surface area (Å²) in [5.74, 6) is 0. The Kier molecular flexibility index (Phi) is 4.61. The van der Waals surface area contributed by atoms with E-state index in [1.807, 2.05) is 0 Å². The van der Waals surface area contributed by atoms with Crippen LogP contribution in [0.15, 0.2) is 40.9 Å². The van der Waals surface area contributed by atoms with Crippen LogP contribution in [0.25, 0.3) is 0 Å². The van der Waals surface area contributed by atoms with Gasteiger partial charge in [-0.2, -0.15) is 0 Å². The molecule has 16 heavy (non-hydrogen) atoms. The Balaban J connectivity index is 1.61. The van der Waals surface area contributed by atoms with Crippen LogP contribution in [-0.2, 0) is 6.42 Å². The van der Waals surface area contributed by atoms with Crippen molar-refractivity contribution in [1.82, 2.24) is 5.32 Å². The first-order chi connectivity index (χ1) is 7.84. The molecule has 1 fully saturated rings. The number of halogens is 1. The second kappa shape index (κ2) is 6.21. The monoisotopic (exact) mass is 279 g/mol. The molecule has 0 atom stereocenters. The molecular formula is C14H18BrN. The lowest BCUT2D eigenvalue weighted by Gasteiger charge is -1.98. The van der Waals surface area contributed by atoms with Crippen molar-refractivity contribution in [1.29, 1.82) is 0 Å². The van der Waals surface area contributed by atoms with Crippen LogP contribution in [0.5, 0.6) is 0 Å². The lowest BCUT2D eigenvalue weighted by atomic mass is 10.1. The molecule has 1 saturated carbocycles. The van der Waals surface area contributed by atoms with Gasteiger partial charge in [0.1, 0.15) is 0 Å². The summed E-state index contributed by atoms with van der Waals surface area (Å²) in [6.07, 6.45) is 9.48. The van der Waals surface area contributed by atoms with Crippen LogP contribution < -0.4 is 5.32 Å². The van der Waals surface area contributed by atoms with Crippen LogP contribution >= 0.6 is 15.9 Å². The number of hydrogen-bond acceptors (Lipinski definition) is 1. The Morgan fingerprint density at radius 1 is 1.19 bits per heavy atom. The third kappa shape index (κ3) is 4.50. The molecule has 0 aliphatic heterocycles. The maximum Gasteiger partial charge on any atom is 0.0175 e. The minimum Gasteiger partial charge on any atom is -0.314 e. The molecule has 0 amide bonds. The fourth-order valence-corrected chi connectivity index (χ4v) is 1.88. The number of benzene rings is 1. The van der Waals surface area contributed by atoms with Crippen LogP contribution in [0, 0.1) is 0 Å². The van der Waals surface area contributed by atoms with Crippen molar-refractivity contribution in [2.75, 3.05) is 6.54 Å². The summed E-state index contributed by atoms with van der Waals surface area (Å²) in [5.41, 5.74) is 1.37. The fraction of sp³-hybridized carbons (Fsp3) is 0.429. The first-order valence-electron chi connectivity index (χ1n) is 5.97. The number of hydrogen-bond donors (Lipinski definition) is 1. The smallest absolute Gasteiger partial charge is 0.0175 e. The van der Waals surface area contributed by atoms with Crippen molar-refractivity contribution in [2.24, 2.45) is 0 Å². The molecule has 1 aromatic rings. The van der Waals surface area contributed by atoms with E-state index in [1.54, 1.807) is 0 Å². The van der Waals surface area contributed by atoms with Crippen molar-refractivity contribution >= 4 is 15.9 Å².